The first kappa shape index (κ1) is 22.6. The zero-order valence-electron chi connectivity index (χ0n) is 17.3. The SMILES string of the molecule is C=C1C(=O)O[C@H]2C=C(C)C(OC(C)=O)CC=C(C)CC(OC(=O)C(C)=CCO)[C@H]12. The Kier molecular flexibility index (Phi) is 7.56. The van der Waals surface area contributed by atoms with Crippen LogP contribution in [0.2, 0.25) is 0 Å². The quantitative estimate of drug-likeness (QED) is 0.333. The number of ether oxygens (including phenoxy) is 3. The molecule has 0 amide bonds. The summed E-state index contributed by atoms with van der Waals surface area (Å²) in [7, 11) is 0. The third-order valence-electron chi connectivity index (χ3n) is 5.09. The third kappa shape index (κ3) is 5.67. The van der Waals surface area contributed by atoms with Crippen molar-refractivity contribution in [3.05, 3.63) is 47.1 Å². The topological polar surface area (TPSA) is 99.1 Å². The van der Waals surface area contributed by atoms with Gasteiger partial charge >= 0.3 is 17.9 Å². The minimum Gasteiger partial charge on any atom is -0.458 e. The molecule has 1 fully saturated rings. The van der Waals surface area contributed by atoms with E-state index in [1.807, 2.05) is 13.0 Å². The highest BCUT2D eigenvalue weighted by molar-refractivity contribution is 5.92. The van der Waals surface area contributed by atoms with E-state index in [4.69, 9.17) is 19.3 Å². The van der Waals surface area contributed by atoms with E-state index >= 15 is 0 Å². The number of carbonyl (C=O) groups excluding carboxylic acids is 3. The number of esters is 3. The fourth-order valence-corrected chi connectivity index (χ4v) is 3.48. The zero-order valence-corrected chi connectivity index (χ0v) is 17.3. The highest BCUT2D eigenvalue weighted by Gasteiger charge is 2.44. The molecule has 2 aliphatic rings. The fraction of sp³-hybridized carbons (Fsp3) is 0.500. The molecule has 0 saturated carbocycles. The van der Waals surface area contributed by atoms with Crippen molar-refractivity contribution in [2.45, 2.75) is 58.8 Å². The second kappa shape index (κ2) is 9.69. The number of carbonyl (C=O) groups is 3. The Morgan fingerprint density at radius 2 is 2.00 bits per heavy atom. The lowest BCUT2D eigenvalue weighted by molar-refractivity contribution is -0.148. The standard InChI is InChI=1S/C22H28O7/c1-12-6-7-17(27-16(5)24)14(3)11-19-20(15(4)22(26)29-19)18(10-12)28-21(25)13(2)8-9-23/h6,8,11,17-20,23H,4,7,9-10H2,1-3,5H3/t17?,18?,19-,20-/m0/s1. The molecule has 29 heavy (non-hydrogen) atoms. The molecule has 1 aliphatic carbocycles. The summed E-state index contributed by atoms with van der Waals surface area (Å²) in [6.07, 6.45) is 4.05. The molecule has 0 aromatic carbocycles. The molecule has 0 aromatic rings. The summed E-state index contributed by atoms with van der Waals surface area (Å²) >= 11 is 0. The van der Waals surface area contributed by atoms with Crippen molar-refractivity contribution in [1.29, 1.82) is 0 Å². The highest BCUT2D eigenvalue weighted by Crippen LogP contribution is 2.36. The Balaban J connectivity index is 2.42. The van der Waals surface area contributed by atoms with Gasteiger partial charge < -0.3 is 19.3 Å². The molecular formula is C22H28O7. The van der Waals surface area contributed by atoms with Crippen molar-refractivity contribution in [3.63, 3.8) is 0 Å². The number of hydrogen-bond acceptors (Lipinski definition) is 7. The van der Waals surface area contributed by atoms with Crippen molar-refractivity contribution in [2.24, 2.45) is 5.92 Å². The Morgan fingerprint density at radius 3 is 2.62 bits per heavy atom. The van der Waals surface area contributed by atoms with Crippen molar-refractivity contribution < 1.29 is 33.7 Å². The van der Waals surface area contributed by atoms with Gasteiger partial charge in [0.05, 0.1) is 12.5 Å². The summed E-state index contributed by atoms with van der Waals surface area (Å²) in [5.74, 6) is -2.08. The lowest BCUT2D eigenvalue weighted by Gasteiger charge is -2.28. The van der Waals surface area contributed by atoms with Crippen LogP contribution >= 0.6 is 0 Å². The Labute approximate surface area is 170 Å². The van der Waals surface area contributed by atoms with Crippen LogP contribution < -0.4 is 0 Å². The van der Waals surface area contributed by atoms with Crippen LogP contribution in [0.15, 0.2) is 47.1 Å². The van der Waals surface area contributed by atoms with Gasteiger partial charge in [-0.2, -0.15) is 0 Å². The molecule has 1 N–H and O–H groups in total. The summed E-state index contributed by atoms with van der Waals surface area (Å²) < 4.78 is 16.6. The van der Waals surface area contributed by atoms with Gasteiger partial charge in [0.25, 0.3) is 0 Å². The molecule has 4 atom stereocenters. The van der Waals surface area contributed by atoms with E-state index in [9.17, 15) is 14.4 Å². The molecule has 1 heterocycles. The van der Waals surface area contributed by atoms with E-state index in [0.717, 1.165) is 11.1 Å². The Hall–Kier alpha value is -2.67. The van der Waals surface area contributed by atoms with Crippen molar-refractivity contribution >= 4 is 17.9 Å². The largest absolute Gasteiger partial charge is 0.458 e. The van der Waals surface area contributed by atoms with Gasteiger partial charge in [0.15, 0.2) is 0 Å². The first-order valence-electron chi connectivity index (χ1n) is 9.53. The van der Waals surface area contributed by atoms with Crippen LogP contribution in [0.1, 0.15) is 40.5 Å². The number of aliphatic hydroxyl groups excluding tert-OH is 1. The molecule has 2 unspecified atom stereocenters. The average Bonchev–Trinajstić information content (AvgIpc) is 2.90. The Bertz CT molecular complexity index is 787. The van der Waals surface area contributed by atoms with Crippen molar-refractivity contribution in [1.82, 2.24) is 0 Å². The summed E-state index contributed by atoms with van der Waals surface area (Å²) in [5.41, 5.74) is 2.17. The fourth-order valence-electron chi connectivity index (χ4n) is 3.48. The minimum absolute atomic E-state index is 0.234. The predicted octanol–water partition coefficient (Wildman–Crippen LogP) is 2.55. The van der Waals surface area contributed by atoms with Gasteiger partial charge in [-0.3, -0.25) is 4.79 Å². The zero-order chi connectivity index (χ0) is 21.7. The van der Waals surface area contributed by atoms with Crippen LogP contribution in [-0.4, -0.2) is 47.9 Å². The maximum absolute atomic E-state index is 12.4. The predicted molar refractivity (Wildman–Crippen MR) is 106 cm³/mol. The van der Waals surface area contributed by atoms with E-state index in [2.05, 4.69) is 6.58 Å². The average molecular weight is 404 g/mol. The lowest BCUT2D eigenvalue weighted by atomic mass is 9.85. The first-order valence-corrected chi connectivity index (χ1v) is 9.53. The van der Waals surface area contributed by atoms with Crippen LogP contribution in [0.3, 0.4) is 0 Å². The van der Waals surface area contributed by atoms with Crippen molar-refractivity contribution in [2.75, 3.05) is 6.61 Å². The van der Waals surface area contributed by atoms with E-state index in [1.54, 1.807) is 19.9 Å². The molecule has 1 saturated heterocycles. The van der Waals surface area contributed by atoms with Crippen LogP contribution in [0.4, 0.5) is 0 Å². The number of rotatable bonds is 4. The van der Waals surface area contributed by atoms with Crippen LogP contribution in [-0.2, 0) is 28.6 Å². The van der Waals surface area contributed by atoms with E-state index in [0.29, 0.717) is 12.8 Å². The second-order valence-electron chi connectivity index (χ2n) is 7.43. The monoisotopic (exact) mass is 404 g/mol. The molecule has 2 rings (SSSR count). The molecule has 1 aliphatic heterocycles. The van der Waals surface area contributed by atoms with Gasteiger partial charge in [-0.25, -0.2) is 9.59 Å². The number of aliphatic hydroxyl groups is 1. The van der Waals surface area contributed by atoms with Crippen LogP contribution in [0.5, 0.6) is 0 Å². The molecule has 0 spiro atoms. The summed E-state index contributed by atoms with van der Waals surface area (Å²) in [6, 6.07) is 0. The minimum atomic E-state index is -0.682. The molecular weight excluding hydrogens is 376 g/mol. The maximum Gasteiger partial charge on any atom is 0.334 e. The highest BCUT2D eigenvalue weighted by atomic mass is 16.6. The molecule has 158 valence electrons. The third-order valence-corrected chi connectivity index (χ3v) is 5.09. The van der Waals surface area contributed by atoms with E-state index in [1.165, 1.54) is 13.0 Å². The molecule has 7 heteroatoms. The van der Waals surface area contributed by atoms with E-state index < -0.39 is 42.1 Å². The molecule has 0 aromatic heterocycles. The van der Waals surface area contributed by atoms with Gasteiger partial charge in [-0.15, -0.1) is 0 Å². The summed E-state index contributed by atoms with van der Waals surface area (Å²) in [5, 5.41) is 9.01. The smallest absolute Gasteiger partial charge is 0.334 e. The van der Waals surface area contributed by atoms with Gasteiger partial charge in [-0.1, -0.05) is 18.2 Å². The summed E-state index contributed by atoms with van der Waals surface area (Å²) in [4.78, 5) is 36.1. The van der Waals surface area contributed by atoms with Gasteiger partial charge in [0, 0.05) is 30.9 Å². The molecule has 0 bridgehead atoms. The molecule has 0 radical (unpaired) electrons. The number of hydrogen-bond donors (Lipinski definition) is 1. The van der Waals surface area contributed by atoms with E-state index in [-0.39, 0.29) is 17.8 Å². The molecule has 7 nitrogen and oxygen atoms in total. The van der Waals surface area contributed by atoms with Gasteiger partial charge in [0.1, 0.15) is 18.3 Å². The normalized spacial score (nSPS) is 28.0. The van der Waals surface area contributed by atoms with Crippen LogP contribution in [0, 0.1) is 5.92 Å². The van der Waals surface area contributed by atoms with Crippen molar-refractivity contribution in [3.8, 4) is 0 Å². The first-order chi connectivity index (χ1) is 13.6. The van der Waals surface area contributed by atoms with Gasteiger partial charge in [-0.05, 0) is 38.5 Å². The summed E-state index contributed by atoms with van der Waals surface area (Å²) in [6.45, 7) is 10.2. The number of fused-ring (bicyclic) bond motifs is 1. The lowest BCUT2D eigenvalue weighted by Crippen LogP contribution is -2.34. The second-order valence-corrected chi connectivity index (χ2v) is 7.43. The van der Waals surface area contributed by atoms with Gasteiger partial charge in [0.2, 0.25) is 0 Å². The Morgan fingerprint density at radius 1 is 1.31 bits per heavy atom. The maximum atomic E-state index is 12.4. The van der Waals surface area contributed by atoms with Crippen LogP contribution in [0.25, 0.3) is 0 Å².